The average molecular weight is 377 g/mol. The molecule has 1 aromatic carbocycles. The van der Waals surface area contributed by atoms with E-state index < -0.39 is 0 Å². The fourth-order valence-corrected chi connectivity index (χ4v) is 3.55. The molecule has 2 amide bonds. The summed E-state index contributed by atoms with van der Waals surface area (Å²) in [5, 5.41) is 2.96. The van der Waals surface area contributed by atoms with Crippen molar-refractivity contribution in [1.82, 2.24) is 25.2 Å². The lowest BCUT2D eigenvalue weighted by atomic mass is 10.1. The molecule has 2 N–H and O–H groups in total. The van der Waals surface area contributed by atoms with Crippen molar-refractivity contribution < 1.29 is 9.59 Å². The number of likely N-dealkylation sites (tertiary alicyclic amines) is 1. The van der Waals surface area contributed by atoms with Gasteiger partial charge in [-0.25, -0.2) is 4.98 Å². The Hall–Kier alpha value is -3.22. The van der Waals surface area contributed by atoms with Gasteiger partial charge in [0.2, 0.25) is 11.8 Å². The van der Waals surface area contributed by atoms with Crippen LogP contribution in [-0.4, -0.2) is 44.8 Å². The lowest BCUT2D eigenvalue weighted by molar-refractivity contribution is -0.129. The Balaban J connectivity index is 1.22. The van der Waals surface area contributed by atoms with Crippen LogP contribution < -0.4 is 5.32 Å². The number of aromatic nitrogens is 3. The highest BCUT2D eigenvalue weighted by Crippen LogP contribution is 2.20. The van der Waals surface area contributed by atoms with E-state index in [1.807, 2.05) is 36.4 Å². The van der Waals surface area contributed by atoms with Gasteiger partial charge in [-0.05, 0) is 30.2 Å². The number of benzene rings is 1. The summed E-state index contributed by atoms with van der Waals surface area (Å²) in [5.41, 5.74) is 2.96. The topological polar surface area (TPSA) is 91.0 Å². The fourth-order valence-electron chi connectivity index (χ4n) is 3.55. The van der Waals surface area contributed by atoms with Crippen LogP contribution in [0.1, 0.15) is 24.2 Å². The molecule has 7 nitrogen and oxygen atoms in total. The SMILES string of the molecule is O=C(NCCCc1nc2ccccc2[nH]1)[C@H]1CC(=O)N(Cc2cccnc2)C1. The Labute approximate surface area is 163 Å². The van der Waals surface area contributed by atoms with E-state index in [2.05, 4.69) is 20.3 Å². The number of imidazole rings is 1. The van der Waals surface area contributed by atoms with E-state index in [0.717, 1.165) is 35.3 Å². The van der Waals surface area contributed by atoms with E-state index in [-0.39, 0.29) is 24.2 Å². The van der Waals surface area contributed by atoms with Gasteiger partial charge < -0.3 is 15.2 Å². The average Bonchev–Trinajstić information content (AvgIpc) is 3.29. The Morgan fingerprint density at radius 1 is 1.25 bits per heavy atom. The molecule has 1 aliphatic rings. The summed E-state index contributed by atoms with van der Waals surface area (Å²) in [6.07, 6.45) is 5.29. The van der Waals surface area contributed by atoms with Gasteiger partial charge in [-0.15, -0.1) is 0 Å². The molecule has 0 unspecified atom stereocenters. The first-order valence-corrected chi connectivity index (χ1v) is 9.57. The van der Waals surface area contributed by atoms with Crippen LogP contribution in [0.25, 0.3) is 11.0 Å². The first kappa shape index (κ1) is 18.2. The van der Waals surface area contributed by atoms with E-state index >= 15 is 0 Å². The van der Waals surface area contributed by atoms with Gasteiger partial charge in [0.05, 0.1) is 17.0 Å². The molecule has 0 spiro atoms. The number of aromatic amines is 1. The van der Waals surface area contributed by atoms with Crippen LogP contribution in [0.15, 0.2) is 48.8 Å². The van der Waals surface area contributed by atoms with Gasteiger partial charge in [0.15, 0.2) is 0 Å². The highest BCUT2D eigenvalue weighted by Gasteiger charge is 2.34. The molecule has 1 saturated heterocycles. The number of carbonyl (C=O) groups excluding carboxylic acids is 2. The maximum absolute atomic E-state index is 12.4. The highest BCUT2D eigenvalue weighted by atomic mass is 16.2. The molecule has 1 fully saturated rings. The van der Waals surface area contributed by atoms with Gasteiger partial charge in [0.1, 0.15) is 5.82 Å². The van der Waals surface area contributed by atoms with Gasteiger partial charge in [-0.1, -0.05) is 18.2 Å². The maximum atomic E-state index is 12.4. The number of nitrogens with zero attached hydrogens (tertiary/aromatic N) is 3. The van der Waals surface area contributed by atoms with Crippen LogP contribution in [-0.2, 0) is 22.6 Å². The third-order valence-corrected chi connectivity index (χ3v) is 5.01. The molecule has 7 heteroatoms. The number of fused-ring (bicyclic) bond motifs is 1. The standard InChI is InChI=1S/C21H23N5O2/c27-20-11-16(14-26(20)13-15-5-3-9-22-12-15)21(28)23-10-4-8-19-24-17-6-1-2-7-18(17)25-19/h1-3,5-7,9,12,16H,4,8,10-11,13-14H2,(H,23,28)(H,24,25)/t16-/m0/s1. The first-order valence-electron chi connectivity index (χ1n) is 9.57. The fraction of sp³-hybridized carbons (Fsp3) is 0.333. The predicted octanol–water partition coefficient (Wildman–Crippen LogP) is 2.06. The molecule has 28 heavy (non-hydrogen) atoms. The summed E-state index contributed by atoms with van der Waals surface area (Å²) < 4.78 is 0. The molecule has 144 valence electrons. The van der Waals surface area contributed by atoms with Gasteiger partial charge in [-0.3, -0.25) is 14.6 Å². The van der Waals surface area contributed by atoms with E-state index in [1.165, 1.54) is 0 Å². The number of aryl methyl sites for hydroxylation is 1. The van der Waals surface area contributed by atoms with Crippen molar-refractivity contribution in [3.05, 3.63) is 60.2 Å². The minimum absolute atomic E-state index is 0.0197. The molecule has 2 aromatic heterocycles. The normalized spacial score (nSPS) is 16.6. The van der Waals surface area contributed by atoms with Gasteiger partial charge in [0.25, 0.3) is 0 Å². The molecule has 1 atom stereocenters. The number of pyridine rings is 1. The van der Waals surface area contributed by atoms with Crippen LogP contribution in [0.4, 0.5) is 0 Å². The van der Waals surface area contributed by atoms with Crippen molar-refractivity contribution in [2.45, 2.75) is 25.8 Å². The quantitative estimate of drug-likeness (QED) is 0.617. The zero-order valence-electron chi connectivity index (χ0n) is 15.6. The summed E-state index contributed by atoms with van der Waals surface area (Å²) in [6.45, 7) is 1.54. The molecule has 0 radical (unpaired) electrons. The summed E-state index contributed by atoms with van der Waals surface area (Å²) in [6, 6.07) is 11.7. The van der Waals surface area contributed by atoms with Crippen molar-refractivity contribution in [2.24, 2.45) is 5.92 Å². The van der Waals surface area contributed by atoms with Crippen molar-refractivity contribution in [2.75, 3.05) is 13.1 Å². The van der Waals surface area contributed by atoms with Gasteiger partial charge >= 0.3 is 0 Å². The van der Waals surface area contributed by atoms with Crippen LogP contribution in [0, 0.1) is 5.92 Å². The van der Waals surface area contributed by atoms with Gasteiger partial charge in [-0.2, -0.15) is 0 Å². The second-order valence-corrected chi connectivity index (χ2v) is 7.13. The largest absolute Gasteiger partial charge is 0.356 e. The predicted molar refractivity (Wildman–Crippen MR) is 105 cm³/mol. The zero-order chi connectivity index (χ0) is 19.3. The molecule has 0 aliphatic carbocycles. The monoisotopic (exact) mass is 377 g/mol. The molecule has 3 heterocycles. The zero-order valence-corrected chi connectivity index (χ0v) is 15.6. The molecule has 0 bridgehead atoms. The van der Waals surface area contributed by atoms with E-state index in [1.54, 1.807) is 17.3 Å². The van der Waals surface area contributed by atoms with Crippen LogP contribution in [0.2, 0.25) is 0 Å². The number of nitrogens with one attached hydrogen (secondary N) is 2. The summed E-state index contributed by atoms with van der Waals surface area (Å²) in [5.74, 6) is 0.613. The number of hydrogen-bond acceptors (Lipinski definition) is 4. The molecule has 0 saturated carbocycles. The molecule has 4 rings (SSSR count). The molecular formula is C21H23N5O2. The van der Waals surface area contributed by atoms with E-state index in [9.17, 15) is 9.59 Å². The molecule has 3 aromatic rings. The van der Waals surface area contributed by atoms with Gasteiger partial charge in [0, 0.05) is 44.9 Å². The summed E-state index contributed by atoms with van der Waals surface area (Å²) >= 11 is 0. The smallest absolute Gasteiger partial charge is 0.225 e. The van der Waals surface area contributed by atoms with E-state index in [4.69, 9.17) is 0 Å². The Morgan fingerprint density at radius 2 is 2.14 bits per heavy atom. The van der Waals surface area contributed by atoms with Crippen molar-refractivity contribution in [1.29, 1.82) is 0 Å². The second kappa shape index (κ2) is 8.21. The van der Waals surface area contributed by atoms with Crippen molar-refractivity contribution in [3.8, 4) is 0 Å². The van der Waals surface area contributed by atoms with Crippen LogP contribution in [0.5, 0.6) is 0 Å². The minimum atomic E-state index is -0.282. The van der Waals surface area contributed by atoms with Crippen LogP contribution >= 0.6 is 0 Å². The maximum Gasteiger partial charge on any atom is 0.225 e. The number of amides is 2. The number of para-hydroxylation sites is 2. The summed E-state index contributed by atoms with van der Waals surface area (Å²) in [7, 11) is 0. The van der Waals surface area contributed by atoms with Crippen molar-refractivity contribution >= 4 is 22.8 Å². The lowest BCUT2D eigenvalue weighted by Gasteiger charge is -2.16. The number of rotatable bonds is 7. The Kier molecular flexibility index (Phi) is 5.32. The van der Waals surface area contributed by atoms with Crippen LogP contribution in [0.3, 0.4) is 0 Å². The number of H-pyrrole nitrogens is 1. The minimum Gasteiger partial charge on any atom is -0.356 e. The third kappa shape index (κ3) is 4.19. The molecule has 1 aliphatic heterocycles. The summed E-state index contributed by atoms with van der Waals surface area (Å²) in [4.78, 5) is 38.3. The third-order valence-electron chi connectivity index (χ3n) is 5.01. The molecular weight excluding hydrogens is 354 g/mol. The second-order valence-electron chi connectivity index (χ2n) is 7.13. The highest BCUT2D eigenvalue weighted by molar-refractivity contribution is 5.89. The number of hydrogen-bond donors (Lipinski definition) is 2. The Bertz CT molecular complexity index is 936. The first-order chi connectivity index (χ1) is 13.7. The van der Waals surface area contributed by atoms with Crippen molar-refractivity contribution in [3.63, 3.8) is 0 Å². The van der Waals surface area contributed by atoms with E-state index in [0.29, 0.717) is 19.6 Å². The number of carbonyl (C=O) groups is 2. The Morgan fingerprint density at radius 3 is 2.96 bits per heavy atom. The lowest BCUT2D eigenvalue weighted by Crippen LogP contribution is -2.33.